The normalized spacial score (nSPS) is 11.0. The van der Waals surface area contributed by atoms with Crippen molar-refractivity contribution < 1.29 is 9.15 Å². The van der Waals surface area contributed by atoms with Crippen molar-refractivity contribution in [1.82, 2.24) is 15.2 Å². The molecule has 0 fully saturated rings. The number of hydrogen-bond donors (Lipinski definition) is 0. The van der Waals surface area contributed by atoms with Gasteiger partial charge in [0.2, 0.25) is 5.89 Å². The van der Waals surface area contributed by atoms with Gasteiger partial charge in [-0.25, -0.2) is 4.98 Å². The molecule has 152 valence electrons. The van der Waals surface area contributed by atoms with Crippen LogP contribution in [0.2, 0.25) is 0 Å². The molecule has 0 atom stereocenters. The van der Waals surface area contributed by atoms with Gasteiger partial charge >= 0.3 is 0 Å². The summed E-state index contributed by atoms with van der Waals surface area (Å²) in [6.07, 6.45) is 0. The maximum atomic E-state index is 5.93. The van der Waals surface area contributed by atoms with Crippen LogP contribution in [0, 0.1) is 6.92 Å². The molecule has 2 heterocycles. The van der Waals surface area contributed by atoms with Crippen LogP contribution in [0.15, 0.2) is 87.8 Å². The number of halogens is 1. The van der Waals surface area contributed by atoms with E-state index in [2.05, 4.69) is 44.1 Å². The minimum atomic E-state index is 0.396. The summed E-state index contributed by atoms with van der Waals surface area (Å²) in [6, 6.07) is 25.7. The van der Waals surface area contributed by atoms with Crippen LogP contribution in [0.5, 0.6) is 5.75 Å². The van der Waals surface area contributed by atoms with Gasteiger partial charge in [-0.1, -0.05) is 42.0 Å². The molecule has 5 nitrogen and oxygen atoms in total. The number of para-hydroxylation sites is 1. The molecule has 2 aromatic heterocycles. The van der Waals surface area contributed by atoms with Gasteiger partial charge in [-0.05, 0) is 70.9 Å². The van der Waals surface area contributed by atoms with E-state index in [1.807, 2.05) is 72.8 Å². The number of benzene rings is 3. The van der Waals surface area contributed by atoms with Crippen molar-refractivity contribution in [3.8, 4) is 28.8 Å². The average molecular weight is 472 g/mol. The van der Waals surface area contributed by atoms with E-state index in [0.29, 0.717) is 24.1 Å². The summed E-state index contributed by atoms with van der Waals surface area (Å²) in [6.45, 7) is 2.50. The Balaban J connectivity index is 1.38. The van der Waals surface area contributed by atoms with E-state index in [9.17, 15) is 0 Å². The first kappa shape index (κ1) is 19.5. The smallest absolute Gasteiger partial charge is 0.266 e. The van der Waals surface area contributed by atoms with E-state index < -0.39 is 0 Å². The molecule has 0 bridgehead atoms. The van der Waals surface area contributed by atoms with E-state index in [4.69, 9.17) is 9.15 Å². The topological polar surface area (TPSA) is 61.0 Å². The number of hydrogen-bond acceptors (Lipinski definition) is 5. The average Bonchev–Trinajstić information content (AvgIpc) is 3.29. The van der Waals surface area contributed by atoms with Crippen LogP contribution in [-0.4, -0.2) is 15.2 Å². The lowest BCUT2D eigenvalue weighted by molar-refractivity contribution is 0.304. The molecule has 0 N–H and O–H groups in total. The highest BCUT2D eigenvalue weighted by molar-refractivity contribution is 9.10. The largest absolute Gasteiger partial charge is 0.488 e. The van der Waals surface area contributed by atoms with Crippen molar-refractivity contribution in [3.05, 3.63) is 94.5 Å². The van der Waals surface area contributed by atoms with Gasteiger partial charge in [0.1, 0.15) is 18.1 Å². The van der Waals surface area contributed by atoms with Crippen LogP contribution >= 0.6 is 15.9 Å². The van der Waals surface area contributed by atoms with E-state index >= 15 is 0 Å². The van der Waals surface area contributed by atoms with Crippen molar-refractivity contribution in [2.75, 3.05) is 0 Å². The molecule has 31 heavy (non-hydrogen) atoms. The second-order valence-electron chi connectivity index (χ2n) is 7.22. The summed E-state index contributed by atoms with van der Waals surface area (Å²) >= 11 is 3.50. The van der Waals surface area contributed by atoms with Crippen LogP contribution in [0.25, 0.3) is 33.9 Å². The molecule has 0 aliphatic carbocycles. The molecule has 0 spiro atoms. The van der Waals surface area contributed by atoms with Crippen molar-refractivity contribution in [3.63, 3.8) is 0 Å². The molecule has 0 saturated heterocycles. The van der Waals surface area contributed by atoms with Gasteiger partial charge in [-0.2, -0.15) is 0 Å². The van der Waals surface area contributed by atoms with Crippen LogP contribution in [0.1, 0.15) is 11.1 Å². The van der Waals surface area contributed by atoms with Crippen LogP contribution < -0.4 is 4.74 Å². The van der Waals surface area contributed by atoms with Gasteiger partial charge in [0.25, 0.3) is 5.89 Å². The van der Waals surface area contributed by atoms with Gasteiger partial charge in [-0.15, -0.1) is 10.2 Å². The first-order valence-electron chi connectivity index (χ1n) is 9.84. The lowest BCUT2D eigenvalue weighted by atomic mass is 10.1. The summed E-state index contributed by atoms with van der Waals surface area (Å²) in [7, 11) is 0. The number of aryl methyl sites for hydroxylation is 1. The minimum Gasteiger partial charge on any atom is -0.488 e. The standard InChI is InChI=1S/C25H18BrN3O2/c1-16-9-11-21-18(13-16)10-12-22(27-21)25-29-28-24(31-25)19-6-4-5-17(14-19)15-30-23-8-3-2-7-20(23)26/h2-14H,15H2,1H3. The Kier molecular flexibility index (Phi) is 5.22. The molecule has 0 aliphatic rings. The zero-order valence-corrected chi connectivity index (χ0v) is 18.3. The summed E-state index contributed by atoms with van der Waals surface area (Å²) in [5.41, 5.74) is 4.60. The summed E-state index contributed by atoms with van der Waals surface area (Å²) in [5.74, 6) is 1.64. The lowest BCUT2D eigenvalue weighted by Gasteiger charge is -2.08. The monoisotopic (exact) mass is 471 g/mol. The molecular formula is C25H18BrN3O2. The van der Waals surface area contributed by atoms with Gasteiger partial charge in [0.05, 0.1) is 9.99 Å². The lowest BCUT2D eigenvalue weighted by Crippen LogP contribution is -1.96. The van der Waals surface area contributed by atoms with Crippen LogP contribution in [0.3, 0.4) is 0 Å². The van der Waals surface area contributed by atoms with Crippen LogP contribution in [-0.2, 0) is 6.61 Å². The van der Waals surface area contributed by atoms with Crippen LogP contribution in [0.4, 0.5) is 0 Å². The first-order chi connectivity index (χ1) is 15.2. The molecule has 5 rings (SSSR count). The third-order valence-corrected chi connectivity index (χ3v) is 5.55. The zero-order chi connectivity index (χ0) is 21.2. The highest BCUT2D eigenvalue weighted by Gasteiger charge is 2.13. The fourth-order valence-electron chi connectivity index (χ4n) is 3.32. The molecular weight excluding hydrogens is 454 g/mol. The predicted octanol–water partition coefficient (Wildman–Crippen LogP) is 6.60. The highest BCUT2D eigenvalue weighted by atomic mass is 79.9. The molecule has 0 amide bonds. The van der Waals surface area contributed by atoms with Crippen molar-refractivity contribution in [2.45, 2.75) is 13.5 Å². The Morgan fingerprint density at radius 2 is 1.74 bits per heavy atom. The minimum absolute atomic E-state index is 0.396. The van der Waals surface area contributed by atoms with Gasteiger partial charge in [0, 0.05) is 10.9 Å². The fourth-order valence-corrected chi connectivity index (χ4v) is 3.72. The van der Waals surface area contributed by atoms with E-state index in [1.54, 1.807) is 0 Å². The summed E-state index contributed by atoms with van der Waals surface area (Å²) < 4.78 is 12.8. The quantitative estimate of drug-likeness (QED) is 0.288. The Hall–Kier alpha value is -3.51. The van der Waals surface area contributed by atoms with Gasteiger partial charge in [0.15, 0.2) is 0 Å². The molecule has 0 radical (unpaired) electrons. The molecule has 3 aromatic carbocycles. The molecule has 0 aliphatic heterocycles. The number of pyridine rings is 1. The fraction of sp³-hybridized carbons (Fsp3) is 0.0800. The van der Waals surface area contributed by atoms with E-state index in [0.717, 1.165) is 32.3 Å². The summed E-state index contributed by atoms with van der Waals surface area (Å²) in [4.78, 5) is 4.66. The zero-order valence-electron chi connectivity index (χ0n) is 16.7. The molecule has 0 saturated carbocycles. The first-order valence-corrected chi connectivity index (χ1v) is 10.6. The number of fused-ring (bicyclic) bond motifs is 1. The molecule has 5 aromatic rings. The second-order valence-corrected chi connectivity index (χ2v) is 8.08. The van der Waals surface area contributed by atoms with Crippen molar-refractivity contribution in [2.24, 2.45) is 0 Å². The third kappa shape index (κ3) is 4.20. The van der Waals surface area contributed by atoms with Gasteiger partial charge < -0.3 is 9.15 Å². The van der Waals surface area contributed by atoms with Crippen molar-refractivity contribution in [1.29, 1.82) is 0 Å². The third-order valence-electron chi connectivity index (χ3n) is 4.89. The number of aromatic nitrogens is 3. The van der Waals surface area contributed by atoms with E-state index in [-0.39, 0.29) is 0 Å². The Bertz CT molecular complexity index is 1380. The highest BCUT2D eigenvalue weighted by Crippen LogP contribution is 2.27. The second kappa shape index (κ2) is 8.32. The molecule has 6 heteroatoms. The predicted molar refractivity (Wildman–Crippen MR) is 124 cm³/mol. The number of rotatable bonds is 5. The maximum Gasteiger partial charge on any atom is 0.266 e. The summed E-state index contributed by atoms with van der Waals surface area (Å²) in [5, 5.41) is 9.52. The molecule has 0 unspecified atom stereocenters. The van der Waals surface area contributed by atoms with Gasteiger partial charge in [-0.3, -0.25) is 0 Å². The van der Waals surface area contributed by atoms with E-state index in [1.165, 1.54) is 5.56 Å². The number of ether oxygens (including phenoxy) is 1. The Morgan fingerprint density at radius 1 is 0.871 bits per heavy atom. The SMILES string of the molecule is Cc1ccc2nc(-c3nnc(-c4cccc(COc5ccccc5Br)c4)o3)ccc2c1. The Morgan fingerprint density at radius 3 is 2.65 bits per heavy atom. The maximum absolute atomic E-state index is 5.93. The van der Waals surface area contributed by atoms with Crippen molar-refractivity contribution >= 4 is 26.8 Å². The number of nitrogens with zero attached hydrogens (tertiary/aromatic N) is 3. The Labute approximate surface area is 187 Å².